The lowest BCUT2D eigenvalue weighted by molar-refractivity contribution is -0.116. The van der Waals surface area contributed by atoms with Gasteiger partial charge in [-0.25, -0.2) is 9.67 Å². The van der Waals surface area contributed by atoms with Gasteiger partial charge in [-0.2, -0.15) is 10.2 Å². The van der Waals surface area contributed by atoms with Gasteiger partial charge in [0.15, 0.2) is 5.65 Å². The van der Waals surface area contributed by atoms with Crippen LogP contribution in [-0.4, -0.2) is 30.5 Å². The smallest absolute Gasteiger partial charge is 0.246 e. The van der Waals surface area contributed by atoms with E-state index in [9.17, 15) is 4.79 Å². The van der Waals surface area contributed by atoms with Crippen LogP contribution in [0.5, 0.6) is 0 Å². The molecule has 0 saturated heterocycles. The van der Waals surface area contributed by atoms with Crippen molar-refractivity contribution in [1.29, 1.82) is 0 Å². The van der Waals surface area contributed by atoms with E-state index in [1.807, 2.05) is 61.9 Å². The Morgan fingerprint density at radius 3 is 2.37 bits per heavy atom. The third-order valence-corrected chi connectivity index (χ3v) is 6.61. The highest BCUT2D eigenvalue weighted by molar-refractivity contribution is 9.10. The summed E-state index contributed by atoms with van der Waals surface area (Å²) in [6.45, 7) is 6.51. The first-order valence-corrected chi connectivity index (χ1v) is 12.2. The summed E-state index contributed by atoms with van der Waals surface area (Å²) in [4.78, 5) is 17.6. The minimum atomic E-state index is -0.171. The first kappa shape index (κ1) is 23.0. The van der Waals surface area contributed by atoms with Crippen LogP contribution in [0.4, 0.5) is 5.69 Å². The molecule has 5 rings (SSSR count). The highest BCUT2D eigenvalue weighted by atomic mass is 79.9. The monoisotopic (exact) mass is 528 g/mol. The summed E-state index contributed by atoms with van der Waals surface area (Å²) >= 11 is 3.47. The number of amides is 1. The van der Waals surface area contributed by atoms with Crippen molar-refractivity contribution in [2.45, 2.75) is 33.9 Å². The predicted octanol–water partition coefficient (Wildman–Crippen LogP) is 5.67. The fourth-order valence-electron chi connectivity index (χ4n) is 4.36. The van der Waals surface area contributed by atoms with Gasteiger partial charge in [-0.15, -0.1) is 0 Å². The number of carbonyl (C=O) groups is 1. The van der Waals surface area contributed by atoms with Crippen LogP contribution in [-0.2, 0) is 17.9 Å². The number of nitrogens with one attached hydrogen (secondary N) is 1. The zero-order valence-electron chi connectivity index (χ0n) is 19.8. The summed E-state index contributed by atoms with van der Waals surface area (Å²) in [6.07, 6.45) is 1.76. The van der Waals surface area contributed by atoms with Gasteiger partial charge in [0.05, 0.1) is 29.3 Å². The first-order chi connectivity index (χ1) is 16.9. The van der Waals surface area contributed by atoms with Crippen molar-refractivity contribution in [1.82, 2.24) is 24.5 Å². The molecule has 3 aromatic heterocycles. The molecular weight excluding hydrogens is 504 g/mol. The number of anilines is 1. The van der Waals surface area contributed by atoms with Crippen molar-refractivity contribution in [2.24, 2.45) is 0 Å². The van der Waals surface area contributed by atoms with Crippen LogP contribution in [0.25, 0.3) is 22.2 Å². The number of aromatic nitrogens is 5. The number of fused-ring (bicyclic) bond motifs is 1. The Labute approximate surface area is 211 Å². The molecule has 2 aromatic carbocycles. The number of aryl methyl sites for hydroxylation is 2. The summed E-state index contributed by atoms with van der Waals surface area (Å²) in [7, 11) is 0. The number of nitrogens with zero attached hydrogens (tertiary/aromatic N) is 5. The van der Waals surface area contributed by atoms with Gasteiger partial charge in [-0.05, 0) is 55.7 Å². The van der Waals surface area contributed by atoms with E-state index in [-0.39, 0.29) is 12.5 Å². The van der Waals surface area contributed by atoms with Crippen LogP contribution in [0.2, 0.25) is 0 Å². The van der Waals surface area contributed by atoms with E-state index in [0.29, 0.717) is 12.2 Å². The van der Waals surface area contributed by atoms with E-state index < -0.39 is 0 Å². The zero-order chi connectivity index (χ0) is 24.5. The molecule has 0 aliphatic heterocycles. The second-order valence-electron chi connectivity index (χ2n) is 8.54. The number of pyridine rings is 1. The van der Waals surface area contributed by atoms with E-state index in [1.54, 1.807) is 10.9 Å². The van der Waals surface area contributed by atoms with Gasteiger partial charge in [-0.1, -0.05) is 58.4 Å². The molecule has 0 atom stereocenters. The Morgan fingerprint density at radius 1 is 0.914 bits per heavy atom. The molecule has 0 fully saturated rings. The average Bonchev–Trinajstić information content (AvgIpc) is 3.31. The van der Waals surface area contributed by atoms with Crippen LogP contribution >= 0.6 is 15.9 Å². The second kappa shape index (κ2) is 9.46. The third-order valence-electron chi connectivity index (χ3n) is 6.08. The minimum absolute atomic E-state index is 0.0619. The van der Waals surface area contributed by atoms with Crippen molar-refractivity contribution >= 4 is 38.6 Å². The number of hydrogen-bond donors (Lipinski definition) is 1. The molecule has 8 heteroatoms. The second-order valence-corrected chi connectivity index (χ2v) is 9.46. The molecule has 176 valence electrons. The van der Waals surface area contributed by atoms with E-state index in [4.69, 9.17) is 0 Å². The molecule has 0 aliphatic carbocycles. The number of halogens is 1. The van der Waals surface area contributed by atoms with Crippen molar-refractivity contribution in [2.75, 3.05) is 5.32 Å². The van der Waals surface area contributed by atoms with Crippen molar-refractivity contribution in [3.05, 3.63) is 94.0 Å². The quantitative estimate of drug-likeness (QED) is 0.308. The average molecular weight is 529 g/mol. The van der Waals surface area contributed by atoms with Crippen LogP contribution in [0.1, 0.15) is 22.6 Å². The van der Waals surface area contributed by atoms with Gasteiger partial charge in [-0.3, -0.25) is 9.48 Å². The Morgan fingerprint density at radius 2 is 1.63 bits per heavy atom. The lowest BCUT2D eigenvalue weighted by Crippen LogP contribution is -2.20. The van der Waals surface area contributed by atoms with Crippen molar-refractivity contribution in [3.8, 4) is 11.1 Å². The molecule has 3 heterocycles. The predicted molar refractivity (Wildman–Crippen MR) is 141 cm³/mol. The molecular formula is C27H25BrN6O. The van der Waals surface area contributed by atoms with E-state index in [2.05, 4.69) is 60.7 Å². The Kier molecular flexibility index (Phi) is 6.21. The maximum atomic E-state index is 13.1. The van der Waals surface area contributed by atoms with Gasteiger partial charge in [0, 0.05) is 16.1 Å². The molecule has 0 radical (unpaired) electrons. The van der Waals surface area contributed by atoms with Crippen LogP contribution in [0.3, 0.4) is 0 Å². The molecule has 0 saturated carbocycles. The molecule has 1 amide bonds. The molecule has 5 aromatic rings. The van der Waals surface area contributed by atoms with Gasteiger partial charge in [0.2, 0.25) is 5.91 Å². The summed E-state index contributed by atoms with van der Waals surface area (Å²) in [6, 6.07) is 20.3. The maximum Gasteiger partial charge on any atom is 0.246 e. The molecule has 0 aliphatic rings. The number of benzene rings is 2. The molecule has 1 N–H and O–H groups in total. The molecule has 0 unspecified atom stereocenters. The van der Waals surface area contributed by atoms with Crippen LogP contribution in [0.15, 0.2) is 71.3 Å². The van der Waals surface area contributed by atoms with Crippen molar-refractivity contribution < 1.29 is 4.79 Å². The number of hydrogen-bond acceptors (Lipinski definition) is 4. The third kappa shape index (κ3) is 4.61. The number of rotatable bonds is 6. The lowest BCUT2D eigenvalue weighted by Gasteiger charge is -2.08. The lowest BCUT2D eigenvalue weighted by atomic mass is 10.0. The normalized spacial score (nSPS) is 11.2. The highest BCUT2D eigenvalue weighted by Crippen LogP contribution is 2.29. The van der Waals surface area contributed by atoms with Crippen LogP contribution < -0.4 is 5.32 Å². The Hall–Kier alpha value is -3.78. The van der Waals surface area contributed by atoms with Crippen molar-refractivity contribution in [3.63, 3.8) is 0 Å². The summed E-state index contributed by atoms with van der Waals surface area (Å²) in [5.41, 5.74) is 7.24. The highest BCUT2D eigenvalue weighted by Gasteiger charge is 2.18. The maximum absolute atomic E-state index is 13.1. The topological polar surface area (TPSA) is 77.6 Å². The largest absolute Gasteiger partial charge is 0.321 e. The molecule has 0 spiro atoms. The molecule has 35 heavy (non-hydrogen) atoms. The standard InChI is InChI=1S/C27H25BrN6O/c1-17-25-23(21-7-5-4-6-8-21)13-14-29-27(25)34(31-17)16-24(35)30-26-18(2)32-33(19(26)3)15-20-9-11-22(28)12-10-20/h4-14H,15-16H2,1-3H3,(H,30,35). The Bertz CT molecular complexity index is 1520. The molecule has 7 nitrogen and oxygen atoms in total. The van der Waals surface area contributed by atoms with Crippen LogP contribution in [0, 0.1) is 20.8 Å². The number of carbonyl (C=O) groups excluding carboxylic acids is 1. The Balaban J connectivity index is 1.38. The van der Waals surface area contributed by atoms with Gasteiger partial charge >= 0.3 is 0 Å². The zero-order valence-corrected chi connectivity index (χ0v) is 21.4. The van der Waals surface area contributed by atoms with Gasteiger partial charge in [0.25, 0.3) is 0 Å². The van der Waals surface area contributed by atoms with E-state index in [0.717, 1.165) is 49.3 Å². The minimum Gasteiger partial charge on any atom is -0.321 e. The first-order valence-electron chi connectivity index (χ1n) is 11.4. The SMILES string of the molecule is Cc1nn(Cc2ccc(Br)cc2)c(C)c1NC(=O)Cn1nc(C)c2c(-c3ccccc3)ccnc21. The fourth-order valence-corrected chi connectivity index (χ4v) is 4.62. The van der Waals surface area contributed by atoms with E-state index >= 15 is 0 Å². The van der Waals surface area contributed by atoms with Gasteiger partial charge < -0.3 is 5.32 Å². The summed E-state index contributed by atoms with van der Waals surface area (Å²) < 4.78 is 4.62. The summed E-state index contributed by atoms with van der Waals surface area (Å²) in [5.74, 6) is -0.171. The van der Waals surface area contributed by atoms with E-state index in [1.165, 1.54) is 0 Å². The molecule has 0 bridgehead atoms. The fraction of sp³-hybridized carbons (Fsp3) is 0.185. The van der Waals surface area contributed by atoms with Gasteiger partial charge in [0.1, 0.15) is 6.54 Å². The summed E-state index contributed by atoms with van der Waals surface area (Å²) in [5, 5.41) is 13.3.